The Bertz CT molecular complexity index is 1210. The number of unbranched alkanes of at least 4 members (excludes halogenated alkanes) is 5. The molecule has 3 aromatic rings. The highest BCUT2D eigenvalue weighted by atomic mass is 35.5. The molecule has 0 aliphatic heterocycles. The lowest BCUT2D eigenvalue weighted by atomic mass is 10.1. The third-order valence-electron chi connectivity index (χ3n) is 8.23. The predicted octanol–water partition coefficient (Wildman–Crippen LogP) is 10.1. The minimum absolute atomic E-state index is 0.192. The zero-order valence-electron chi connectivity index (χ0n) is 24.9. The van der Waals surface area contributed by atoms with Gasteiger partial charge in [-0.15, -0.1) is 6.58 Å². The number of aromatic nitrogens is 2. The Morgan fingerprint density at radius 1 is 1.05 bits per heavy atom. The van der Waals surface area contributed by atoms with E-state index >= 15 is 0 Å². The summed E-state index contributed by atoms with van der Waals surface area (Å²) in [5, 5.41) is 0.621. The molecule has 0 fully saturated rings. The zero-order valence-corrected chi connectivity index (χ0v) is 26.7. The number of aromatic amines is 1. The van der Waals surface area contributed by atoms with Gasteiger partial charge in [0.1, 0.15) is 0 Å². The molecule has 0 radical (unpaired) electrons. The standard InChI is InChI=1S/C32H47ClN2O3Si/c1-9-10-11-12-13-14-15-16-25-17-18-27(34-25)31(36)32-29(37-8)21-28(38-32)30-26(33)19-20-35(30)39(22(2)3,23(4)5)24(6)7/h9,17-24,34H,1,10-16H2,2-8H3. The first-order valence-electron chi connectivity index (χ1n) is 14.5. The van der Waals surface area contributed by atoms with E-state index in [0.717, 1.165) is 30.7 Å². The van der Waals surface area contributed by atoms with E-state index in [2.05, 4.69) is 63.5 Å². The molecule has 0 aromatic carbocycles. The van der Waals surface area contributed by atoms with Crippen molar-refractivity contribution in [3.8, 4) is 17.2 Å². The Morgan fingerprint density at radius 3 is 2.31 bits per heavy atom. The topological polar surface area (TPSA) is 60.2 Å². The number of ether oxygens (including phenoxy) is 1. The summed E-state index contributed by atoms with van der Waals surface area (Å²) in [4.78, 5) is 16.9. The number of aryl methyl sites for hydroxylation is 1. The van der Waals surface area contributed by atoms with Crippen LogP contribution in [0.1, 0.15) is 102 Å². The third kappa shape index (κ3) is 6.49. The molecule has 3 rings (SSSR count). The second kappa shape index (κ2) is 13.8. The van der Waals surface area contributed by atoms with Crippen LogP contribution in [0.2, 0.25) is 21.6 Å². The monoisotopic (exact) mass is 570 g/mol. The number of ketones is 1. The Balaban J connectivity index is 1.87. The van der Waals surface area contributed by atoms with Gasteiger partial charge < -0.3 is 18.4 Å². The first-order chi connectivity index (χ1) is 18.6. The highest BCUT2D eigenvalue weighted by Crippen LogP contribution is 2.47. The van der Waals surface area contributed by atoms with E-state index in [1.807, 2.05) is 24.3 Å². The van der Waals surface area contributed by atoms with Gasteiger partial charge in [-0.1, -0.05) is 78.5 Å². The molecule has 0 spiro atoms. The smallest absolute Gasteiger partial charge is 0.248 e. The Morgan fingerprint density at radius 2 is 1.69 bits per heavy atom. The van der Waals surface area contributed by atoms with Crippen molar-refractivity contribution >= 4 is 25.6 Å². The molecule has 0 atom stereocenters. The first-order valence-corrected chi connectivity index (χ1v) is 17.0. The van der Waals surface area contributed by atoms with Crippen LogP contribution in [-0.2, 0) is 6.42 Å². The molecule has 214 valence electrons. The van der Waals surface area contributed by atoms with Crippen LogP contribution in [0.4, 0.5) is 0 Å². The number of nitrogens with one attached hydrogen (secondary N) is 1. The van der Waals surface area contributed by atoms with Crippen LogP contribution in [0.5, 0.6) is 5.75 Å². The second-order valence-corrected chi connectivity index (χ2v) is 17.7. The van der Waals surface area contributed by atoms with Crippen molar-refractivity contribution in [3.05, 3.63) is 65.3 Å². The summed E-state index contributed by atoms with van der Waals surface area (Å²) in [6.45, 7) is 17.7. The van der Waals surface area contributed by atoms with E-state index in [1.165, 1.54) is 25.7 Å². The van der Waals surface area contributed by atoms with Gasteiger partial charge in [-0.25, -0.2) is 0 Å². The van der Waals surface area contributed by atoms with Gasteiger partial charge >= 0.3 is 0 Å². The van der Waals surface area contributed by atoms with Crippen LogP contribution in [0.3, 0.4) is 0 Å². The Kier molecular flexibility index (Phi) is 11.0. The lowest BCUT2D eigenvalue weighted by Gasteiger charge is -2.45. The number of H-pyrrole nitrogens is 1. The lowest BCUT2D eigenvalue weighted by Crippen LogP contribution is -2.52. The largest absolute Gasteiger partial charge is 0.493 e. The number of carbonyl (C=O) groups excluding carboxylic acids is 1. The number of hydrogen-bond acceptors (Lipinski definition) is 3. The van der Waals surface area contributed by atoms with Gasteiger partial charge in [0.2, 0.25) is 11.5 Å². The van der Waals surface area contributed by atoms with E-state index in [0.29, 0.717) is 38.8 Å². The lowest BCUT2D eigenvalue weighted by molar-refractivity contribution is 0.100. The fourth-order valence-electron chi connectivity index (χ4n) is 6.58. The molecule has 3 heterocycles. The summed E-state index contributed by atoms with van der Waals surface area (Å²) in [6, 6.07) is 7.59. The van der Waals surface area contributed by atoms with Crippen LogP contribution in [0.15, 0.2) is 47.5 Å². The summed E-state index contributed by atoms with van der Waals surface area (Å²) < 4.78 is 14.3. The SMILES string of the molecule is C=CCCCCCCCc1ccc(C(=O)c2oc(-c3c(Cl)ccn3[Si](C(C)C)(C(C)C)C(C)C)cc2OC)[nH]1. The molecule has 7 heteroatoms. The molecule has 0 amide bonds. The van der Waals surface area contributed by atoms with Crippen LogP contribution in [0, 0.1) is 0 Å². The number of furan rings is 1. The van der Waals surface area contributed by atoms with Gasteiger partial charge in [-0.3, -0.25) is 4.79 Å². The van der Waals surface area contributed by atoms with Crippen LogP contribution in [-0.4, -0.2) is 30.3 Å². The van der Waals surface area contributed by atoms with Crippen molar-refractivity contribution in [2.24, 2.45) is 0 Å². The van der Waals surface area contributed by atoms with Gasteiger partial charge in [-0.2, -0.15) is 0 Å². The Labute approximate surface area is 241 Å². The van der Waals surface area contributed by atoms with Gasteiger partial charge in [0.25, 0.3) is 0 Å². The third-order valence-corrected chi connectivity index (χ3v) is 15.3. The maximum Gasteiger partial charge on any atom is 0.248 e. The number of hydrogen-bond donors (Lipinski definition) is 1. The number of halogens is 1. The summed E-state index contributed by atoms with van der Waals surface area (Å²) in [5.74, 6) is 0.952. The Hall–Kier alpha value is -2.44. The number of nitrogens with zero attached hydrogens (tertiary/aromatic N) is 1. The van der Waals surface area contributed by atoms with Gasteiger partial charge in [-0.05, 0) is 66.7 Å². The van der Waals surface area contributed by atoms with Crippen molar-refractivity contribution in [1.29, 1.82) is 0 Å². The van der Waals surface area contributed by atoms with Crippen molar-refractivity contribution in [2.75, 3.05) is 7.11 Å². The molecule has 0 bridgehead atoms. The predicted molar refractivity (Wildman–Crippen MR) is 166 cm³/mol. The van der Waals surface area contributed by atoms with Crippen molar-refractivity contribution < 1.29 is 13.9 Å². The highest BCUT2D eigenvalue weighted by Gasteiger charge is 2.47. The van der Waals surface area contributed by atoms with Crippen LogP contribution < -0.4 is 4.74 Å². The number of methoxy groups -OCH3 is 1. The molecular formula is C32H47ClN2O3Si. The molecule has 0 saturated heterocycles. The first kappa shape index (κ1) is 31.1. The summed E-state index contributed by atoms with van der Waals surface area (Å²) in [6.07, 6.45) is 12.1. The molecule has 3 aromatic heterocycles. The van der Waals surface area contributed by atoms with E-state index < -0.39 is 8.24 Å². The van der Waals surface area contributed by atoms with Crippen LogP contribution in [0.25, 0.3) is 11.5 Å². The number of carbonyl (C=O) groups is 1. The van der Waals surface area contributed by atoms with Gasteiger partial charge in [0, 0.05) is 11.8 Å². The van der Waals surface area contributed by atoms with E-state index in [-0.39, 0.29) is 11.5 Å². The van der Waals surface area contributed by atoms with E-state index in [4.69, 9.17) is 20.8 Å². The summed E-state index contributed by atoms with van der Waals surface area (Å²) in [5.41, 5.74) is 3.82. The quantitative estimate of drug-likeness (QED) is 0.0806. The average Bonchev–Trinajstić information content (AvgIpc) is 3.61. The van der Waals surface area contributed by atoms with E-state index in [1.54, 1.807) is 13.2 Å². The molecule has 1 N–H and O–H groups in total. The summed E-state index contributed by atoms with van der Waals surface area (Å²) >= 11 is 6.81. The molecular weight excluding hydrogens is 524 g/mol. The number of allylic oxidation sites excluding steroid dienone is 1. The van der Waals surface area contributed by atoms with Crippen molar-refractivity contribution in [2.45, 2.75) is 103 Å². The minimum atomic E-state index is -2.11. The minimum Gasteiger partial charge on any atom is -0.493 e. The molecule has 0 aliphatic rings. The maximum absolute atomic E-state index is 13.5. The number of rotatable bonds is 16. The normalized spacial score (nSPS) is 12.2. The van der Waals surface area contributed by atoms with Gasteiger partial charge in [0.05, 0.1) is 23.5 Å². The molecule has 0 unspecified atom stereocenters. The molecule has 0 saturated carbocycles. The zero-order chi connectivity index (χ0) is 28.7. The van der Waals surface area contributed by atoms with Crippen molar-refractivity contribution in [3.63, 3.8) is 0 Å². The van der Waals surface area contributed by atoms with Crippen LogP contribution >= 0.6 is 11.6 Å². The van der Waals surface area contributed by atoms with Gasteiger partial charge in [0.15, 0.2) is 19.7 Å². The maximum atomic E-state index is 13.5. The fourth-order valence-corrected chi connectivity index (χ4v) is 13.5. The van der Waals surface area contributed by atoms with Crippen molar-refractivity contribution in [1.82, 2.24) is 9.22 Å². The average molecular weight is 571 g/mol. The van der Waals surface area contributed by atoms with E-state index in [9.17, 15) is 4.79 Å². The summed E-state index contributed by atoms with van der Waals surface area (Å²) in [7, 11) is -0.540. The second-order valence-electron chi connectivity index (χ2n) is 11.6. The molecule has 0 aliphatic carbocycles. The fraction of sp³-hybridized carbons (Fsp3) is 0.531. The molecule has 39 heavy (non-hydrogen) atoms. The highest BCUT2D eigenvalue weighted by molar-refractivity contribution is 6.82. The molecule has 5 nitrogen and oxygen atoms in total.